The Kier molecular flexibility index (Phi) is 19.5. The maximum atomic E-state index is 10.4. The van der Waals surface area contributed by atoms with E-state index in [4.69, 9.17) is 24.0 Å². The van der Waals surface area contributed by atoms with Crippen molar-refractivity contribution in [2.45, 2.75) is 164 Å². The van der Waals surface area contributed by atoms with Crippen molar-refractivity contribution < 1.29 is 64.8 Å². The fourth-order valence-corrected chi connectivity index (χ4v) is 5.85. The van der Waals surface area contributed by atoms with E-state index in [0.717, 1.165) is 19.3 Å². The molecule has 13 nitrogen and oxygen atoms in total. The molecular formula is C32H60O13. The van der Waals surface area contributed by atoms with E-state index in [2.05, 4.69) is 13.5 Å². The fraction of sp³-hybridized carbons (Fsp3) is 0.938. The van der Waals surface area contributed by atoms with Crippen molar-refractivity contribution in [2.75, 3.05) is 26.4 Å². The SMILES string of the molecule is C=C(CCCCCCCCCCCCCCCC)OOCC1OC(COCC2(C(O)O)OC(CO)C(O)C2O)C(O)C(O)C1O. The Morgan fingerprint density at radius 1 is 0.711 bits per heavy atom. The van der Waals surface area contributed by atoms with Crippen molar-refractivity contribution in [3.05, 3.63) is 12.3 Å². The van der Waals surface area contributed by atoms with E-state index in [9.17, 15) is 40.9 Å². The Morgan fingerprint density at radius 3 is 1.71 bits per heavy atom. The third kappa shape index (κ3) is 12.9. The summed E-state index contributed by atoms with van der Waals surface area (Å²) in [5.41, 5.74) is -2.17. The van der Waals surface area contributed by atoms with Crippen LogP contribution in [0.2, 0.25) is 0 Å². The number of ether oxygens (including phenoxy) is 3. The van der Waals surface area contributed by atoms with Gasteiger partial charge in [-0.25, -0.2) is 0 Å². The molecule has 2 saturated heterocycles. The van der Waals surface area contributed by atoms with Crippen LogP contribution < -0.4 is 0 Å². The molecule has 0 spiro atoms. The zero-order valence-corrected chi connectivity index (χ0v) is 27.0. The van der Waals surface area contributed by atoms with Crippen LogP contribution in [-0.4, -0.2) is 128 Å². The molecule has 0 aliphatic carbocycles. The lowest BCUT2D eigenvalue weighted by Gasteiger charge is -2.40. The van der Waals surface area contributed by atoms with Gasteiger partial charge in [-0.15, -0.1) is 0 Å². The molecule has 9 atom stereocenters. The predicted molar refractivity (Wildman–Crippen MR) is 164 cm³/mol. The van der Waals surface area contributed by atoms with Crippen LogP contribution in [-0.2, 0) is 24.0 Å². The highest BCUT2D eigenvalue weighted by Crippen LogP contribution is 2.34. The normalized spacial score (nSPS) is 32.0. The third-order valence-electron chi connectivity index (χ3n) is 8.83. The van der Waals surface area contributed by atoms with Crippen LogP contribution in [0.1, 0.15) is 103 Å². The first-order valence-corrected chi connectivity index (χ1v) is 16.8. The van der Waals surface area contributed by atoms with Gasteiger partial charge in [0.25, 0.3) is 0 Å². The molecule has 8 N–H and O–H groups in total. The highest BCUT2D eigenvalue weighted by molar-refractivity contribution is 5.04. The largest absolute Gasteiger partial charge is 0.394 e. The van der Waals surface area contributed by atoms with Gasteiger partial charge in [0, 0.05) is 6.42 Å². The number of hydrogen-bond donors (Lipinski definition) is 8. The van der Waals surface area contributed by atoms with Crippen molar-refractivity contribution in [1.29, 1.82) is 0 Å². The van der Waals surface area contributed by atoms with Gasteiger partial charge in [-0.05, 0) is 6.42 Å². The summed E-state index contributed by atoms with van der Waals surface area (Å²) < 4.78 is 16.4. The minimum absolute atomic E-state index is 0.287. The van der Waals surface area contributed by atoms with Gasteiger partial charge in [0.2, 0.25) is 0 Å². The van der Waals surface area contributed by atoms with E-state index < -0.39 is 80.5 Å². The summed E-state index contributed by atoms with van der Waals surface area (Å²) in [6.07, 6.45) is 4.42. The predicted octanol–water partition coefficient (Wildman–Crippen LogP) is 1.35. The Hall–Kier alpha value is -0.940. The molecule has 2 fully saturated rings. The van der Waals surface area contributed by atoms with Gasteiger partial charge in [-0.3, -0.25) is 0 Å². The lowest BCUT2D eigenvalue weighted by atomic mass is 9.94. The van der Waals surface area contributed by atoms with Crippen molar-refractivity contribution >= 4 is 0 Å². The van der Waals surface area contributed by atoms with Gasteiger partial charge in [0.1, 0.15) is 61.2 Å². The molecule has 0 aromatic rings. The van der Waals surface area contributed by atoms with Crippen LogP contribution in [0.25, 0.3) is 0 Å². The molecule has 45 heavy (non-hydrogen) atoms. The smallest absolute Gasteiger partial charge is 0.186 e. The molecule has 0 amide bonds. The van der Waals surface area contributed by atoms with Gasteiger partial charge in [-0.2, -0.15) is 4.89 Å². The third-order valence-corrected chi connectivity index (χ3v) is 8.83. The molecule has 2 rings (SSSR count). The first kappa shape index (κ1) is 40.2. The molecule has 266 valence electrons. The minimum atomic E-state index is -2.28. The van der Waals surface area contributed by atoms with Crippen LogP contribution >= 0.6 is 0 Å². The van der Waals surface area contributed by atoms with E-state index in [-0.39, 0.29) is 6.61 Å². The summed E-state index contributed by atoms with van der Waals surface area (Å²) in [7, 11) is 0. The number of rotatable bonds is 25. The summed E-state index contributed by atoms with van der Waals surface area (Å²) >= 11 is 0. The van der Waals surface area contributed by atoms with Gasteiger partial charge >= 0.3 is 0 Å². The number of aliphatic hydroxyl groups is 8. The molecule has 2 aliphatic rings. The molecule has 0 bridgehead atoms. The summed E-state index contributed by atoms with van der Waals surface area (Å²) in [4.78, 5) is 10.4. The van der Waals surface area contributed by atoms with Gasteiger partial charge in [0.05, 0.1) is 19.8 Å². The lowest BCUT2D eigenvalue weighted by molar-refractivity contribution is -0.311. The van der Waals surface area contributed by atoms with E-state index in [0.29, 0.717) is 12.2 Å². The van der Waals surface area contributed by atoms with Crippen LogP contribution in [0.5, 0.6) is 0 Å². The molecule has 2 aliphatic heterocycles. The summed E-state index contributed by atoms with van der Waals surface area (Å²) in [5.74, 6) is 0.422. The Bertz CT molecular complexity index is 786. The number of hydrogen-bond acceptors (Lipinski definition) is 13. The topological polar surface area (TPSA) is 208 Å². The van der Waals surface area contributed by atoms with Crippen molar-refractivity contribution in [3.63, 3.8) is 0 Å². The van der Waals surface area contributed by atoms with Gasteiger partial charge in [-0.1, -0.05) is 97.0 Å². The van der Waals surface area contributed by atoms with Crippen LogP contribution in [0.4, 0.5) is 0 Å². The Morgan fingerprint density at radius 2 is 1.22 bits per heavy atom. The van der Waals surface area contributed by atoms with Crippen molar-refractivity contribution in [3.8, 4) is 0 Å². The standard InChI is InChI=1S/C32H60O13/c1-3-4-5-6-7-8-9-10-11-12-13-14-15-16-17-22(2)45-42-20-25-27(35)29(37)26(34)24(43-25)19-41-21-32(31(39)40)30(38)28(36)23(18-33)44-32/h23-31,33-40H,2-21H2,1H3. The van der Waals surface area contributed by atoms with E-state index in [1.54, 1.807) is 0 Å². The molecule has 0 saturated carbocycles. The molecule has 0 aromatic heterocycles. The highest BCUT2D eigenvalue weighted by atomic mass is 17.2. The van der Waals surface area contributed by atoms with Crippen LogP contribution in [0.3, 0.4) is 0 Å². The van der Waals surface area contributed by atoms with Crippen LogP contribution in [0, 0.1) is 0 Å². The number of aliphatic hydroxyl groups excluding tert-OH is 7. The molecule has 13 heteroatoms. The maximum Gasteiger partial charge on any atom is 0.186 e. The molecular weight excluding hydrogens is 592 g/mol. The zero-order chi connectivity index (χ0) is 33.2. The second kappa shape index (κ2) is 21.8. The molecule has 2 heterocycles. The molecule has 0 aromatic carbocycles. The average molecular weight is 653 g/mol. The molecule has 0 radical (unpaired) electrons. The zero-order valence-electron chi connectivity index (χ0n) is 27.0. The summed E-state index contributed by atoms with van der Waals surface area (Å²) in [6.45, 7) is 4.05. The maximum absolute atomic E-state index is 10.4. The molecule has 9 unspecified atom stereocenters. The summed E-state index contributed by atoms with van der Waals surface area (Å²) in [6, 6.07) is 0. The van der Waals surface area contributed by atoms with Gasteiger partial charge in [0.15, 0.2) is 11.9 Å². The first-order chi connectivity index (χ1) is 21.6. The summed E-state index contributed by atoms with van der Waals surface area (Å²) in [5, 5.41) is 80.4. The monoisotopic (exact) mass is 652 g/mol. The second-order valence-electron chi connectivity index (χ2n) is 12.6. The quantitative estimate of drug-likeness (QED) is 0.0231. The van der Waals surface area contributed by atoms with E-state index in [1.165, 1.54) is 70.6 Å². The Labute approximate surface area is 267 Å². The van der Waals surface area contributed by atoms with Gasteiger partial charge < -0.3 is 60.0 Å². The second-order valence-corrected chi connectivity index (χ2v) is 12.6. The lowest BCUT2D eigenvalue weighted by Crippen LogP contribution is -2.60. The van der Waals surface area contributed by atoms with E-state index >= 15 is 0 Å². The first-order valence-electron chi connectivity index (χ1n) is 16.8. The van der Waals surface area contributed by atoms with Crippen molar-refractivity contribution in [1.82, 2.24) is 0 Å². The Balaban J connectivity index is 1.61. The van der Waals surface area contributed by atoms with Crippen molar-refractivity contribution in [2.24, 2.45) is 0 Å². The van der Waals surface area contributed by atoms with Crippen LogP contribution in [0.15, 0.2) is 12.3 Å². The van der Waals surface area contributed by atoms with E-state index in [1.807, 2.05) is 0 Å². The fourth-order valence-electron chi connectivity index (χ4n) is 5.85. The average Bonchev–Trinajstić information content (AvgIpc) is 3.27. The number of allylic oxidation sites excluding steroid dienone is 1. The highest BCUT2D eigenvalue weighted by Gasteiger charge is 2.58. The minimum Gasteiger partial charge on any atom is -0.394 e. The number of unbranched alkanes of at least 4 members (excludes halogenated alkanes) is 13.